The van der Waals surface area contributed by atoms with Gasteiger partial charge in [0.05, 0.1) is 36.2 Å². The van der Waals surface area contributed by atoms with E-state index < -0.39 is 0 Å². The Bertz CT molecular complexity index is 1220. The van der Waals surface area contributed by atoms with Crippen molar-refractivity contribution in [3.05, 3.63) is 83.9 Å². The van der Waals surface area contributed by atoms with Crippen LogP contribution in [0.15, 0.2) is 83.1 Å². The summed E-state index contributed by atoms with van der Waals surface area (Å²) < 4.78 is 11.7. The van der Waals surface area contributed by atoms with Crippen LogP contribution in [0, 0.1) is 0 Å². The number of hydrazone groups is 1. The van der Waals surface area contributed by atoms with Crippen molar-refractivity contribution in [2.24, 2.45) is 5.10 Å². The molecule has 1 heterocycles. The molecule has 0 fully saturated rings. The molecule has 3 aromatic carbocycles. The average molecular weight is 475 g/mol. The first-order chi connectivity index (χ1) is 16.7. The SMILES string of the molecule is CCOc1cc(/C=N/NC(=O)CSc2nc3ccccc3[nH]2)ccc1OCCc1ccccc1. The molecule has 0 aliphatic carbocycles. The molecule has 0 aliphatic heterocycles. The number of amides is 1. The highest BCUT2D eigenvalue weighted by Crippen LogP contribution is 2.28. The van der Waals surface area contributed by atoms with E-state index in [4.69, 9.17) is 9.47 Å². The first kappa shape index (κ1) is 23.4. The molecule has 0 unspecified atom stereocenters. The standard InChI is InChI=1S/C26H26N4O3S/c1-2-32-24-16-20(12-13-23(24)33-15-14-19-8-4-3-5-9-19)17-27-30-25(31)18-34-26-28-21-10-6-7-11-22(21)29-26/h3-13,16-17H,2,14-15,18H2,1H3,(H,28,29)(H,30,31)/b27-17+. The Morgan fingerprint density at radius 1 is 1.06 bits per heavy atom. The fourth-order valence-corrected chi connectivity index (χ4v) is 3.94. The summed E-state index contributed by atoms with van der Waals surface area (Å²) >= 11 is 1.33. The van der Waals surface area contributed by atoms with E-state index in [9.17, 15) is 4.79 Å². The van der Waals surface area contributed by atoms with Crippen LogP contribution in [0.1, 0.15) is 18.1 Å². The Balaban J connectivity index is 1.28. The maximum absolute atomic E-state index is 12.1. The van der Waals surface area contributed by atoms with Crippen molar-refractivity contribution >= 4 is 34.9 Å². The van der Waals surface area contributed by atoms with Crippen LogP contribution < -0.4 is 14.9 Å². The van der Waals surface area contributed by atoms with Crippen LogP contribution >= 0.6 is 11.8 Å². The number of nitrogens with one attached hydrogen (secondary N) is 2. The minimum absolute atomic E-state index is 0.204. The number of aromatic nitrogens is 2. The van der Waals surface area contributed by atoms with Gasteiger partial charge in [-0.2, -0.15) is 5.10 Å². The molecule has 0 radical (unpaired) electrons. The Labute approximate surface area is 202 Å². The molecular weight excluding hydrogens is 448 g/mol. The highest BCUT2D eigenvalue weighted by Gasteiger charge is 2.08. The Morgan fingerprint density at radius 3 is 2.71 bits per heavy atom. The molecule has 0 atom stereocenters. The van der Waals surface area contributed by atoms with Crippen LogP contribution in [0.2, 0.25) is 0 Å². The second-order valence-corrected chi connectivity index (χ2v) is 8.33. The number of fused-ring (bicyclic) bond motifs is 1. The van der Waals surface area contributed by atoms with Gasteiger partial charge in [-0.05, 0) is 48.4 Å². The zero-order valence-corrected chi connectivity index (χ0v) is 19.7. The molecule has 8 heteroatoms. The monoisotopic (exact) mass is 474 g/mol. The van der Waals surface area contributed by atoms with Gasteiger partial charge in [0, 0.05) is 6.42 Å². The van der Waals surface area contributed by atoms with Gasteiger partial charge in [0.15, 0.2) is 16.7 Å². The predicted octanol–water partition coefficient (Wildman–Crippen LogP) is 4.83. The number of carbonyl (C=O) groups excluding carboxylic acids is 1. The third kappa shape index (κ3) is 6.62. The normalized spacial score (nSPS) is 11.1. The van der Waals surface area contributed by atoms with Crippen LogP contribution in [-0.2, 0) is 11.2 Å². The van der Waals surface area contributed by atoms with Crippen LogP contribution in [0.5, 0.6) is 11.5 Å². The van der Waals surface area contributed by atoms with Crippen molar-refractivity contribution in [1.29, 1.82) is 0 Å². The number of nitrogens with zero attached hydrogens (tertiary/aromatic N) is 2. The van der Waals surface area contributed by atoms with Crippen LogP contribution in [0.3, 0.4) is 0 Å². The van der Waals surface area contributed by atoms with Gasteiger partial charge in [0.2, 0.25) is 0 Å². The number of aromatic amines is 1. The van der Waals surface area contributed by atoms with Crippen molar-refractivity contribution in [1.82, 2.24) is 15.4 Å². The number of ether oxygens (including phenoxy) is 2. The first-order valence-corrected chi connectivity index (χ1v) is 12.0. The number of hydrogen-bond acceptors (Lipinski definition) is 6. The van der Waals surface area contributed by atoms with E-state index in [0.29, 0.717) is 29.9 Å². The zero-order chi connectivity index (χ0) is 23.6. The fraction of sp³-hybridized carbons (Fsp3) is 0.192. The van der Waals surface area contributed by atoms with E-state index >= 15 is 0 Å². The summed E-state index contributed by atoms with van der Waals surface area (Å²) in [6.07, 6.45) is 2.40. The van der Waals surface area contributed by atoms with Crippen molar-refractivity contribution in [3.8, 4) is 11.5 Å². The van der Waals surface area contributed by atoms with Crippen molar-refractivity contribution in [2.75, 3.05) is 19.0 Å². The van der Waals surface area contributed by atoms with E-state index in [2.05, 4.69) is 32.6 Å². The van der Waals surface area contributed by atoms with Crippen LogP contribution in [0.25, 0.3) is 11.0 Å². The molecule has 34 heavy (non-hydrogen) atoms. The Morgan fingerprint density at radius 2 is 1.88 bits per heavy atom. The number of hydrogen-bond donors (Lipinski definition) is 2. The molecule has 1 aromatic heterocycles. The van der Waals surface area contributed by atoms with Gasteiger partial charge < -0.3 is 14.5 Å². The number of thioether (sulfide) groups is 1. The van der Waals surface area contributed by atoms with E-state index in [-0.39, 0.29) is 11.7 Å². The number of carbonyl (C=O) groups is 1. The molecule has 1 amide bonds. The van der Waals surface area contributed by atoms with Crippen molar-refractivity contribution in [3.63, 3.8) is 0 Å². The summed E-state index contributed by atoms with van der Waals surface area (Å²) in [5.74, 6) is 1.32. The largest absolute Gasteiger partial charge is 0.490 e. The van der Waals surface area contributed by atoms with E-state index in [0.717, 1.165) is 23.0 Å². The lowest BCUT2D eigenvalue weighted by Crippen LogP contribution is -2.19. The summed E-state index contributed by atoms with van der Waals surface area (Å²) in [6.45, 7) is 3.00. The minimum Gasteiger partial charge on any atom is -0.490 e. The zero-order valence-electron chi connectivity index (χ0n) is 18.9. The smallest absolute Gasteiger partial charge is 0.250 e. The molecule has 0 saturated carbocycles. The van der Waals surface area contributed by atoms with Crippen LogP contribution in [0.4, 0.5) is 0 Å². The molecule has 7 nitrogen and oxygen atoms in total. The number of imidazole rings is 1. The first-order valence-electron chi connectivity index (χ1n) is 11.0. The number of benzene rings is 3. The maximum atomic E-state index is 12.1. The molecule has 0 spiro atoms. The second-order valence-electron chi connectivity index (χ2n) is 7.36. The van der Waals surface area contributed by atoms with E-state index in [1.165, 1.54) is 17.3 Å². The van der Waals surface area contributed by atoms with Gasteiger partial charge in [0.25, 0.3) is 5.91 Å². The van der Waals surface area contributed by atoms with E-state index in [1.807, 2.05) is 67.6 Å². The quantitative estimate of drug-likeness (QED) is 0.185. The molecular formula is C26H26N4O3S. The Hall–Kier alpha value is -3.78. The van der Waals surface area contributed by atoms with Crippen molar-refractivity contribution < 1.29 is 14.3 Å². The lowest BCUT2D eigenvalue weighted by molar-refractivity contribution is -0.118. The Kier molecular flexibility index (Phi) is 8.18. The molecule has 4 aromatic rings. The van der Waals surface area contributed by atoms with Gasteiger partial charge in [-0.25, -0.2) is 10.4 Å². The lowest BCUT2D eigenvalue weighted by atomic mass is 10.2. The molecule has 0 saturated heterocycles. The molecule has 4 rings (SSSR count). The number of rotatable bonds is 11. The van der Waals surface area contributed by atoms with E-state index in [1.54, 1.807) is 6.21 Å². The summed E-state index contributed by atoms with van der Waals surface area (Å²) in [5.41, 5.74) is 6.39. The van der Waals surface area contributed by atoms with Gasteiger partial charge in [-0.1, -0.05) is 54.2 Å². The molecule has 174 valence electrons. The molecule has 2 N–H and O–H groups in total. The lowest BCUT2D eigenvalue weighted by Gasteiger charge is -2.12. The molecule has 0 aliphatic rings. The topological polar surface area (TPSA) is 88.6 Å². The molecule has 0 bridgehead atoms. The predicted molar refractivity (Wildman–Crippen MR) is 136 cm³/mol. The fourth-order valence-electron chi connectivity index (χ4n) is 3.26. The highest BCUT2D eigenvalue weighted by atomic mass is 32.2. The second kappa shape index (κ2) is 11.9. The number of H-pyrrole nitrogens is 1. The van der Waals surface area contributed by atoms with Gasteiger partial charge in [-0.3, -0.25) is 4.79 Å². The third-order valence-corrected chi connectivity index (χ3v) is 5.74. The summed E-state index contributed by atoms with van der Waals surface area (Å²) in [5, 5.41) is 4.76. The third-order valence-electron chi connectivity index (χ3n) is 4.87. The van der Waals surface area contributed by atoms with Crippen molar-refractivity contribution in [2.45, 2.75) is 18.5 Å². The maximum Gasteiger partial charge on any atom is 0.250 e. The minimum atomic E-state index is -0.215. The highest BCUT2D eigenvalue weighted by molar-refractivity contribution is 7.99. The average Bonchev–Trinajstić information content (AvgIpc) is 3.28. The summed E-state index contributed by atoms with van der Waals surface area (Å²) in [7, 11) is 0. The summed E-state index contributed by atoms with van der Waals surface area (Å²) in [6, 6.07) is 23.5. The van der Waals surface area contributed by atoms with Gasteiger partial charge in [-0.15, -0.1) is 0 Å². The van der Waals surface area contributed by atoms with Crippen LogP contribution in [-0.4, -0.2) is 41.1 Å². The van der Waals surface area contributed by atoms with Gasteiger partial charge in [0.1, 0.15) is 0 Å². The summed E-state index contributed by atoms with van der Waals surface area (Å²) in [4.78, 5) is 19.8. The number of para-hydroxylation sites is 2. The van der Waals surface area contributed by atoms with Gasteiger partial charge >= 0.3 is 0 Å².